The smallest absolute Gasteiger partial charge is 0.387 e. The predicted octanol–water partition coefficient (Wildman–Crippen LogP) is 1.24. The van der Waals surface area contributed by atoms with E-state index in [0.29, 0.717) is 0 Å². The summed E-state index contributed by atoms with van der Waals surface area (Å²) in [6.07, 6.45) is 0. The molecule has 2 N–H and O–H groups in total. The Morgan fingerprint density at radius 2 is 2.00 bits per heavy atom. The number of halogens is 2. The molecule has 0 atom stereocenters. The van der Waals surface area contributed by atoms with Crippen LogP contribution in [0.15, 0.2) is 23.1 Å². The highest BCUT2D eigenvalue weighted by Crippen LogP contribution is 2.21. The van der Waals surface area contributed by atoms with Gasteiger partial charge in [0.05, 0.1) is 4.90 Å². The summed E-state index contributed by atoms with van der Waals surface area (Å²) in [5.74, 6) is -0.102. The van der Waals surface area contributed by atoms with E-state index in [0.717, 1.165) is 12.1 Å². The standard InChI is InChI=1S/C8H9F2NO3S/c1-5-4-6(14-8(9)10)2-3-7(5)15(11,12)13/h2-4,8H,1H3,(H2,11,12,13). The minimum Gasteiger partial charge on any atom is -0.435 e. The van der Waals surface area contributed by atoms with Gasteiger partial charge in [-0.1, -0.05) is 0 Å². The van der Waals surface area contributed by atoms with Gasteiger partial charge in [0, 0.05) is 0 Å². The monoisotopic (exact) mass is 237 g/mol. The zero-order valence-corrected chi connectivity index (χ0v) is 8.59. The molecule has 0 heterocycles. The van der Waals surface area contributed by atoms with Gasteiger partial charge >= 0.3 is 6.61 Å². The Balaban J connectivity index is 3.09. The fraction of sp³-hybridized carbons (Fsp3) is 0.250. The molecule has 0 aliphatic heterocycles. The minimum atomic E-state index is -3.82. The number of aryl methyl sites for hydroxylation is 1. The van der Waals surface area contributed by atoms with E-state index in [2.05, 4.69) is 4.74 Å². The lowest BCUT2D eigenvalue weighted by molar-refractivity contribution is -0.0498. The van der Waals surface area contributed by atoms with E-state index in [-0.39, 0.29) is 16.2 Å². The molecule has 7 heteroatoms. The topological polar surface area (TPSA) is 69.4 Å². The van der Waals surface area contributed by atoms with Crippen LogP contribution in [0.5, 0.6) is 5.75 Å². The molecule has 0 aromatic heterocycles. The number of benzene rings is 1. The van der Waals surface area contributed by atoms with Crippen molar-refractivity contribution in [2.45, 2.75) is 18.4 Å². The van der Waals surface area contributed by atoms with Crippen LogP contribution in [0.4, 0.5) is 8.78 Å². The molecular weight excluding hydrogens is 228 g/mol. The van der Waals surface area contributed by atoms with Gasteiger partial charge in [0.2, 0.25) is 10.0 Å². The highest BCUT2D eigenvalue weighted by Gasteiger charge is 2.13. The van der Waals surface area contributed by atoms with Crippen molar-refractivity contribution in [1.29, 1.82) is 0 Å². The first-order chi connectivity index (χ1) is 6.80. The Bertz CT molecular complexity index is 459. The maximum absolute atomic E-state index is 11.8. The number of rotatable bonds is 3. The molecule has 0 saturated carbocycles. The summed E-state index contributed by atoms with van der Waals surface area (Å²) in [5.41, 5.74) is 0.260. The lowest BCUT2D eigenvalue weighted by atomic mass is 10.2. The van der Waals surface area contributed by atoms with Gasteiger partial charge < -0.3 is 4.74 Å². The molecule has 15 heavy (non-hydrogen) atoms. The molecule has 1 rings (SSSR count). The van der Waals surface area contributed by atoms with Crippen molar-refractivity contribution >= 4 is 10.0 Å². The van der Waals surface area contributed by atoms with Crippen molar-refractivity contribution in [3.05, 3.63) is 23.8 Å². The van der Waals surface area contributed by atoms with E-state index in [9.17, 15) is 17.2 Å². The Morgan fingerprint density at radius 1 is 1.40 bits per heavy atom. The predicted molar refractivity (Wildman–Crippen MR) is 49.2 cm³/mol. The summed E-state index contributed by atoms with van der Waals surface area (Å²) >= 11 is 0. The van der Waals surface area contributed by atoms with Crippen LogP contribution in [-0.2, 0) is 10.0 Å². The fourth-order valence-corrected chi connectivity index (χ4v) is 1.88. The van der Waals surface area contributed by atoms with Crippen molar-refractivity contribution in [3.8, 4) is 5.75 Å². The molecule has 1 aromatic carbocycles. The van der Waals surface area contributed by atoms with E-state index in [4.69, 9.17) is 5.14 Å². The summed E-state index contributed by atoms with van der Waals surface area (Å²) in [5, 5.41) is 4.89. The minimum absolute atomic E-state index is 0.102. The number of primary sulfonamides is 1. The number of nitrogens with two attached hydrogens (primary N) is 1. The molecule has 4 nitrogen and oxygen atoms in total. The fourth-order valence-electron chi connectivity index (χ4n) is 1.12. The van der Waals surface area contributed by atoms with E-state index in [1.165, 1.54) is 13.0 Å². The van der Waals surface area contributed by atoms with Crippen LogP contribution < -0.4 is 9.88 Å². The highest BCUT2D eigenvalue weighted by atomic mass is 32.2. The van der Waals surface area contributed by atoms with E-state index >= 15 is 0 Å². The van der Waals surface area contributed by atoms with Crippen molar-refractivity contribution in [2.24, 2.45) is 5.14 Å². The summed E-state index contributed by atoms with van der Waals surface area (Å²) in [7, 11) is -3.82. The van der Waals surface area contributed by atoms with Gasteiger partial charge in [-0.15, -0.1) is 0 Å². The third-order valence-electron chi connectivity index (χ3n) is 1.68. The number of sulfonamides is 1. The summed E-state index contributed by atoms with van der Waals surface area (Å²) in [6, 6.07) is 3.44. The first-order valence-corrected chi connectivity index (χ1v) is 5.43. The molecule has 1 aromatic rings. The van der Waals surface area contributed by atoms with Gasteiger partial charge in [0.25, 0.3) is 0 Å². The molecule has 0 saturated heterocycles. The van der Waals surface area contributed by atoms with Gasteiger partial charge in [-0.05, 0) is 30.7 Å². The van der Waals surface area contributed by atoms with Crippen LogP contribution in [0.1, 0.15) is 5.56 Å². The SMILES string of the molecule is Cc1cc(OC(F)F)ccc1S(N)(=O)=O. The van der Waals surface area contributed by atoms with E-state index in [1.54, 1.807) is 0 Å². The van der Waals surface area contributed by atoms with Crippen molar-refractivity contribution in [1.82, 2.24) is 0 Å². The molecule has 0 aliphatic carbocycles. The van der Waals surface area contributed by atoms with Crippen LogP contribution in [0.25, 0.3) is 0 Å². The summed E-state index contributed by atoms with van der Waals surface area (Å²) in [6.45, 7) is -1.50. The van der Waals surface area contributed by atoms with Gasteiger partial charge in [-0.25, -0.2) is 13.6 Å². The maximum Gasteiger partial charge on any atom is 0.387 e. The average molecular weight is 237 g/mol. The number of ether oxygens (including phenoxy) is 1. The van der Waals surface area contributed by atoms with Gasteiger partial charge in [-0.2, -0.15) is 8.78 Å². The summed E-state index contributed by atoms with van der Waals surface area (Å²) < 4.78 is 49.7. The van der Waals surface area contributed by atoms with Crippen LogP contribution >= 0.6 is 0 Å². The second kappa shape index (κ2) is 4.11. The second-order valence-electron chi connectivity index (χ2n) is 2.85. The Morgan fingerprint density at radius 3 is 2.40 bits per heavy atom. The van der Waals surface area contributed by atoms with Gasteiger partial charge in [-0.3, -0.25) is 0 Å². The molecule has 84 valence electrons. The average Bonchev–Trinajstić information content (AvgIpc) is 1.99. The molecule has 0 bridgehead atoms. The number of hydrogen-bond donors (Lipinski definition) is 1. The molecule has 0 unspecified atom stereocenters. The van der Waals surface area contributed by atoms with E-state index < -0.39 is 16.6 Å². The van der Waals surface area contributed by atoms with Crippen LogP contribution in [-0.4, -0.2) is 15.0 Å². The Hall–Kier alpha value is -1.21. The Labute approximate surface area is 85.7 Å². The molecule has 0 radical (unpaired) electrons. The Kier molecular flexibility index (Phi) is 3.25. The van der Waals surface area contributed by atoms with Crippen molar-refractivity contribution < 1.29 is 21.9 Å². The van der Waals surface area contributed by atoms with Gasteiger partial charge in [0.15, 0.2) is 0 Å². The zero-order chi connectivity index (χ0) is 11.6. The second-order valence-corrected chi connectivity index (χ2v) is 4.38. The third kappa shape index (κ3) is 3.14. The first-order valence-electron chi connectivity index (χ1n) is 3.89. The third-order valence-corrected chi connectivity index (χ3v) is 2.75. The molecule has 0 aliphatic rings. The largest absolute Gasteiger partial charge is 0.435 e. The number of hydrogen-bond acceptors (Lipinski definition) is 3. The number of alkyl halides is 2. The lowest BCUT2D eigenvalue weighted by Crippen LogP contribution is -2.13. The lowest BCUT2D eigenvalue weighted by Gasteiger charge is -2.07. The molecule has 0 amide bonds. The molecule has 0 fully saturated rings. The molecular formula is C8H9F2NO3S. The van der Waals surface area contributed by atoms with Crippen molar-refractivity contribution in [2.75, 3.05) is 0 Å². The summed E-state index contributed by atoms with van der Waals surface area (Å²) in [4.78, 5) is -0.107. The quantitative estimate of drug-likeness (QED) is 0.859. The normalized spacial score (nSPS) is 11.8. The van der Waals surface area contributed by atoms with Crippen molar-refractivity contribution in [3.63, 3.8) is 0 Å². The highest BCUT2D eigenvalue weighted by molar-refractivity contribution is 7.89. The maximum atomic E-state index is 11.8. The zero-order valence-electron chi connectivity index (χ0n) is 7.78. The van der Waals surface area contributed by atoms with Crippen LogP contribution in [0, 0.1) is 6.92 Å². The molecule has 0 spiro atoms. The van der Waals surface area contributed by atoms with Crippen LogP contribution in [0.3, 0.4) is 0 Å². The first kappa shape index (κ1) is 11.9. The van der Waals surface area contributed by atoms with Gasteiger partial charge in [0.1, 0.15) is 5.75 Å². The van der Waals surface area contributed by atoms with E-state index in [1.807, 2.05) is 0 Å². The van der Waals surface area contributed by atoms with Crippen LogP contribution in [0.2, 0.25) is 0 Å².